The Balaban J connectivity index is 1.32. The number of hydrogen-bond donors (Lipinski definition) is 0. The second-order valence-electron chi connectivity index (χ2n) is 6.56. The smallest absolute Gasteiger partial charge is 0.410 e. The summed E-state index contributed by atoms with van der Waals surface area (Å²) in [4.78, 5) is 29.1. The maximum atomic E-state index is 12.4. The van der Waals surface area contributed by atoms with Crippen LogP contribution in [0.5, 0.6) is 0 Å². The predicted octanol–water partition coefficient (Wildman–Crippen LogP) is 0.0715. The van der Waals surface area contributed by atoms with Gasteiger partial charge >= 0.3 is 6.09 Å². The van der Waals surface area contributed by atoms with Crippen molar-refractivity contribution in [2.45, 2.75) is 6.92 Å². The van der Waals surface area contributed by atoms with Crippen molar-refractivity contribution < 1.29 is 14.3 Å². The molecule has 2 saturated heterocycles. The molecule has 4 heterocycles. The van der Waals surface area contributed by atoms with E-state index < -0.39 is 6.09 Å². The summed E-state index contributed by atoms with van der Waals surface area (Å²) in [5, 5.41) is 12.9. The molecular weight excluding hydrogens is 350 g/mol. The lowest BCUT2D eigenvalue weighted by molar-refractivity contribution is -0.132. The van der Waals surface area contributed by atoms with E-state index in [2.05, 4.69) is 20.2 Å². The first-order valence-electron chi connectivity index (χ1n) is 8.91. The highest BCUT2D eigenvalue weighted by atomic mass is 16.6. The van der Waals surface area contributed by atoms with E-state index in [4.69, 9.17) is 4.74 Å². The number of ether oxygens (including phenoxy) is 1. The molecule has 0 atom stereocenters. The summed E-state index contributed by atoms with van der Waals surface area (Å²) in [6.07, 6.45) is 1.43. The van der Waals surface area contributed by atoms with E-state index in [1.165, 1.54) is 4.90 Å². The number of aryl methyl sites for hydroxylation is 1. The van der Waals surface area contributed by atoms with E-state index in [-0.39, 0.29) is 12.5 Å². The van der Waals surface area contributed by atoms with Gasteiger partial charge in [-0.2, -0.15) is 5.10 Å². The van der Waals surface area contributed by atoms with Crippen molar-refractivity contribution in [2.24, 2.45) is 0 Å². The van der Waals surface area contributed by atoms with Crippen LogP contribution in [0.4, 0.5) is 10.6 Å². The minimum atomic E-state index is -0.412. The number of anilines is 1. The molecular formula is C17H21N7O3. The summed E-state index contributed by atoms with van der Waals surface area (Å²) in [6.45, 7) is 5.35. The fourth-order valence-corrected chi connectivity index (χ4v) is 3.17. The Morgan fingerprint density at radius 3 is 2.41 bits per heavy atom. The molecule has 2 amide bonds. The van der Waals surface area contributed by atoms with Gasteiger partial charge in [0.1, 0.15) is 13.2 Å². The van der Waals surface area contributed by atoms with Crippen molar-refractivity contribution in [3.8, 4) is 5.82 Å². The molecule has 0 unspecified atom stereocenters. The number of carbonyl (C=O) groups is 2. The Bertz CT molecular complexity index is 827. The topological polar surface area (TPSA) is 96.7 Å². The Kier molecular flexibility index (Phi) is 4.61. The number of nitrogens with zero attached hydrogens (tertiary/aromatic N) is 7. The maximum Gasteiger partial charge on any atom is 0.410 e. The van der Waals surface area contributed by atoms with Gasteiger partial charge in [-0.15, -0.1) is 10.2 Å². The zero-order valence-electron chi connectivity index (χ0n) is 15.1. The minimum Gasteiger partial charge on any atom is -0.448 e. The highest BCUT2D eigenvalue weighted by molar-refractivity contribution is 5.83. The lowest BCUT2D eigenvalue weighted by Gasteiger charge is -2.35. The quantitative estimate of drug-likeness (QED) is 0.750. The molecule has 0 N–H and O–H groups in total. The first-order valence-corrected chi connectivity index (χ1v) is 8.91. The van der Waals surface area contributed by atoms with Crippen LogP contribution in [0.15, 0.2) is 24.4 Å². The van der Waals surface area contributed by atoms with Gasteiger partial charge in [-0.25, -0.2) is 9.48 Å². The third kappa shape index (κ3) is 3.69. The van der Waals surface area contributed by atoms with Crippen molar-refractivity contribution >= 4 is 17.8 Å². The van der Waals surface area contributed by atoms with E-state index in [1.807, 2.05) is 31.3 Å². The zero-order valence-corrected chi connectivity index (χ0v) is 15.1. The molecule has 0 aliphatic carbocycles. The third-order valence-corrected chi connectivity index (χ3v) is 4.72. The van der Waals surface area contributed by atoms with Gasteiger partial charge in [0, 0.05) is 32.4 Å². The maximum absolute atomic E-state index is 12.4. The molecule has 4 rings (SSSR count). The number of rotatable bonds is 4. The van der Waals surface area contributed by atoms with Crippen molar-refractivity contribution in [3.05, 3.63) is 30.1 Å². The number of aromatic nitrogens is 4. The summed E-state index contributed by atoms with van der Waals surface area (Å²) in [5.74, 6) is 1.39. The second kappa shape index (κ2) is 7.22. The molecule has 2 fully saturated rings. The van der Waals surface area contributed by atoms with E-state index in [9.17, 15) is 9.59 Å². The molecule has 0 aromatic carbocycles. The average Bonchev–Trinajstić information content (AvgIpc) is 3.30. The number of amides is 2. The largest absolute Gasteiger partial charge is 0.448 e. The molecule has 2 aromatic heterocycles. The van der Waals surface area contributed by atoms with Gasteiger partial charge in [0.2, 0.25) is 5.91 Å². The van der Waals surface area contributed by atoms with Gasteiger partial charge in [0.05, 0.1) is 12.2 Å². The summed E-state index contributed by atoms with van der Waals surface area (Å²) in [7, 11) is 0. The highest BCUT2D eigenvalue weighted by Gasteiger charge is 2.28. The van der Waals surface area contributed by atoms with Gasteiger partial charge in [-0.05, 0) is 25.1 Å². The molecule has 2 aromatic rings. The van der Waals surface area contributed by atoms with E-state index in [1.54, 1.807) is 9.58 Å². The van der Waals surface area contributed by atoms with Gasteiger partial charge in [-0.3, -0.25) is 9.69 Å². The van der Waals surface area contributed by atoms with E-state index in [0.717, 1.165) is 11.5 Å². The molecule has 27 heavy (non-hydrogen) atoms. The van der Waals surface area contributed by atoms with Crippen LogP contribution in [0, 0.1) is 6.92 Å². The van der Waals surface area contributed by atoms with Crippen molar-refractivity contribution in [3.63, 3.8) is 0 Å². The molecule has 142 valence electrons. The van der Waals surface area contributed by atoms with Crippen LogP contribution in [0.2, 0.25) is 0 Å². The molecule has 0 spiro atoms. The molecule has 10 heteroatoms. The number of piperazine rings is 1. The van der Waals surface area contributed by atoms with Crippen molar-refractivity contribution in [1.82, 2.24) is 29.8 Å². The standard InChI is InChI=1S/C17H21N7O3/c1-13-4-5-24(20-13)15-3-2-14(18-19-15)21-6-8-22(9-7-21)16(25)12-23-10-11-27-17(23)26/h2-5H,6-12H2,1H3. The van der Waals surface area contributed by atoms with E-state index >= 15 is 0 Å². The highest BCUT2D eigenvalue weighted by Crippen LogP contribution is 2.15. The minimum absolute atomic E-state index is 0.0519. The SMILES string of the molecule is Cc1ccn(-c2ccc(N3CCN(C(=O)CN4CCOC4=O)CC3)nn2)n1. The normalized spacial score (nSPS) is 17.4. The second-order valence-corrected chi connectivity index (χ2v) is 6.56. The van der Waals surface area contributed by atoms with Crippen LogP contribution in [-0.2, 0) is 9.53 Å². The lowest BCUT2D eigenvalue weighted by atomic mass is 10.3. The Morgan fingerprint density at radius 2 is 1.81 bits per heavy atom. The van der Waals surface area contributed by atoms with Crippen molar-refractivity contribution in [1.29, 1.82) is 0 Å². The summed E-state index contributed by atoms with van der Waals surface area (Å²) in [5.41, 5.74) is 0.920. The van der Waals surface area contributed by atoms with Gasteiger partial charge in [0.15, 0.2) is 11.6 Å². The summed E-state index contributed by atoms with van der Waals surface area (Å²) >= 11 is 0. The van der Waals surface area contributed by atoms with Crippen LogP contribution in [0.3, 0.4) is 0 Å². The fourth-order valence-electron chi connectivity index (χ4n) is 3.17. The van der Waals surface area contributed by atoms with Crippen LogP contribution < -0.4 is 4.90 Å². The first kappa shape index (κ1) is 17.3. The average molecular weight is 371 g/mol. The monoisotopic (exact) mass is 371 g/mol. The lowest BCUT2D eigenvalue weighted by Crippen LogP contribution is -2.51. The molecule has 10 nitrogen and oxygen atoms in total. The van der Waals surface area contributed by atoms with Crippen molar-refractivity contribution in [2.75, 3.05) is 50.8 Å². The van der Waals surface area contributed by atoms with Crippen LogP contribution in [0.1, 0.15) is 5.69 Å². The number of cyclic esters (lactones) is 1. The summed E-state index contributed by atoms with van der Waals surface area (Å²) < 4.78 is 6.54. The molecule has 0 saturated carbocycles. The van der Waals surface area contributed by atoms with Gasteiger partial charge in [-0.1, -0.05) is 0 Å². The summed E-state index contributed by atoms with van der Waals surface area (Å²) in [6, 6.07) is 5.70. The molecule has 2 aliphatic heterocycles. The predicted molar refractivity (Wildman–Crippen MR) is 95.6 cm³/mol. The number of carbonyl (C=O) groups excluding carboxylic acids is 2. The third-order valence-electron chi connectivity index (χ3n) is 4.72. The molecule has 0 bridgehead atoms. The molecule has 2 aliphatic rings. The zero-order chi connectivity index (χ0) is 18.8. The van der Waals surface area contributed by atoms with E-state index in [0.29, 0.717) is 45.1 Å². The first-order chi connectivity index (χ1) is 13.1. The number of hydrogen-bond acceptors (Lipinski definition) is 7. The van der Waals surface area contributed by atoms with Gasteiger partial charge in [0.25, 0.3) is 0 Å². The van der Waals surface area contributed by atoms with Crippen LogP contribution in [-0.4, -0.2) is 87.7 Å². The molecule has 0 radical (unpaired) electrons. The Labute approximate surface area is 156 Å². The Morgan fingerprint density at radius 1 is 1.07 bits per heavy atom. The van der Waals surface area contributed by atoms with Gasteiger partial charge < -0.3 is 14.5 Å². The van der Waals surface area contributed by atoms with Crippen LogP contribution in [0.25, 0.3) is 5.82 Å². The Hall–Kier alpha value is -3.17. The van der Waals surface area contributed by atoms with Crippen LogP contribution >= 0.6 is 0 Å². The fraction of sp³-hybridized carbons (Fsp3) is 0.471.